The number of ether oxygens (including phenoxy) is 1. The van der Waals surface area contributed by atoms with Crippen molar-refractivity contribution in [2.45, 2.75) is 30.6 Å². The summed E-state index contributed by atoms with van der Waals surface area (Å²) in [5, 5.41) is 4.26. The molecule has 148 valence electrons. The summed E-state index contributed by atoms with van der Waals surface area (Å²) >= 11 is 1.01. The van der Waals surface area contributed by atoms with Gasteiger partial charge in [-0.15, -0.1) is 11.3 Å². The van der Waals surface area contributed by atoms with Crippen molar-refractivity contribution in [2.24, 2.45) is 0 Å². The number of sulfonamides is 1. The van der Waals surface area contributed by atoms with Crippen LogP contribution in [0.5, 0.6) is 0 Å². The van der Waals surface area contributed by atoms with Crippen LogP contribution in [-0.2, 0) is 19.6 Å². The van der Waals surface area contributed by atoms with Gasteiger partial charge in [0.25, 0.3) is 10.0 Å². The van der Waals surface area contributed by atoms with E-state index in [2.05, 4.69) is 5.32 Å². The smallest absolute Gasteiger partial charge is 0.274 e. The fourth-order valence-corrected chi connectivity index (χ4v) is 4.81. The van der Waals surface area contributed by atoms with Crippen LogP contribution >= 0.6 is 11.3 Å². The lowest BCUT2D eigenvalue weighted by atomic mass is 10.3. The monoisotopic (exact) mass is 414 g/mol. The number of thiophene rings is 1. The zero-order chi connectivity index (χ0) is 19.9. The lowest BCUT2D eigenvalue weighted by molar-refractivity contribution is -0.119. The Labute approximate surface area is 163 Å². The van der Waals surface area contributed by atoms with Crippen LogP contribution in [0, 0.1) is 5.82 Å². The molecule has 1 heterocycles. The Balaban J connectivity index is 2.12. The molecule has 0 unspecified atom stereocenters. The fraction of sp³-hybridized carbons (Fsp3) is 0.389. The van der Waals surface area contributed by atoms with Gasteiger partial charge >= 0.3 is 0 Å². The van der Waals surface area contributed by atoms with E-state index in [9.17, 15) is 17.6 Å². The summed E-state index contributed by atoms with van der Waals surface area (Å²) in [4.78, 5) is 12.3. The van der Waals surface area contributed by atoms with E-state index in [1.807, 2.05) is 13.8 Å². The van der Waals surface area contributed by atoms with Crippen LogP contribution < -0.4 is 9.62 Å². The molecule has 2 rings (SSSR count). The van der Waals surface area contributed by atoms with Gasteiger partial charge in [-0.3, -0.25) is 9.10 Å². The van der Waals surface area contributed by atoms with Crippen molar-refractivity contribution >= 4 is 33.0 Å². The van der Waals surface area contributed by atoms with Crippen LogP contribution in [0.3, 0.4) is 0 Å². The highest BCUT2D eigenvalue weighted by molar-refractivity contribution is 7.94. The number of rotatable bonds is 10. The fourth-order valence-electron chi connectivity index (χ4n) is 2.28. The Kier molecular flexibility index (Phi) is 7.76. The lowest BCUT2D eigenvalue weighted by Crippen LogP contribution is -2.41. The largest absolute Gasteiger partial charge is 0.379 e. The number of nitrogens with zero attached hydrogens (tertiary/aromatic N) is 1. The maximum atomic E-state index is 14.2. The normalized spacial score (nSPS) is 11.6. The lowest BCUT2D eigenvalue weighted by Gasteiger charge is -2.23. The Hall–Kier alpha value is -1.97. The molecule has 0 aliphatic heterocycles. The summed E-state index contributed by atoms with van der Waals surface area (Å²) < 4.78 is 46.3. The topological polar surface area (TPSA) is 75.7 Å². The molecule has 1 aromatic carbocycles. The summed E-state index contributed by atoms with van der Waals surface area (Å²) in [5.74, 6) is -1.22. The van der Waals surface area contributed by atoms with Gasteiger partial charge < -0.3 is 10.1 Å². The van der Waals surface area contributed by atoms with Crippen molar-refractivity contribution in [3.63, 3.8) is 0 Å². The number of hydrogen-bond donors (Lipinski definition) is 1. The van der Waals surface area contributed by atoms with Crippen molar-refractivity contribution in [2.75, 3.05) is 24.0 Å². The minimum atomic E-state index is -4.05. The molecule has 1 N–H and O–H groups in total. The van der Waals surface area contributed by atoms with Crippen LogP contribution in [0.4, 0.5) is 10.1 Å². The average molecular weight is 415 g/mol. The average Bonchev–Trinajstić information content (AvgIpc) is 3.15. The van der Waals surface area contributed by atoms with Crippen molar-refractivity contribution in [1.82, 2.24) is 5.32 Å². The number of para-hydroxylation sites is 1. The van der Waals surface area contributed by atoms with Crippen LogP contribution in [0.2, 0.25) is 0 Å². The molecule has 1 amide bonds. The van der Waals surface area contributed by atoms with Crippen LogP contribution in [-0.4, -0.2) is 40.1 Å². The van der Waals surface area contributed by atoms with E-state index in [1.165, 1.54) is 24.3 Å². The molecular formula is C18H23FN2O4S2. The first-order chi connectivity index (χ1) is 12.8. The standard InChI is InChI=1S/C18H23FN2O4S2/c1-14(2)25-11-6-10-20-17(22)13-21(16-8-4-3-7-15(16)19)27(23,24)18-9-5-12-26-18/h3-5,7-9,12,14H,6,10-11,13H2,1-2H3,(H,20,22). The van der Waals surface area contributed by atoms with Gasteiger partial charge in [-0.05, 0) is 43.8 Å². The maximum Gasteiger partial charge on any atom is 0.274 e. The molecule has 1 aromatic heterocycles. The molecular weight excluding hydrogens is 391 g/mol. The molecule has 0 saturated carbocycles. The van der Waals surface area contributed by atoms with Crippen molar-refractivity contribution < 1.29 is 22.3 Å². The second-order valence-corrected chi connectivity index (χ2v) is 9.06. The van der Waals surface area contributed by atoms with Crippen molar-refractivity contribution in [1.29, 1.82) is 0 Å². The number of carbonyl (C=O) groups is 1. The highest BCUT2D eigenvalue weighted by atomic mass is 32.2. The van der Waals surface area contributed by atoms with Gasteiger partial charge in [-0.25, -0.2) is 12.8 Å². The number of amides is 1. The number of nitrogens with one attached hydrogen (secondary N) is 1. The molecule has 0 atom stereocenters. The SMILES string of the molecule is CC(C)OCCCNC(=O)CN(c1ccccc1F)S(=O)(=O)c1cccs1. The number of hydrogen-bond acceptors (Lipinski definition) is 5. The molecule has 0 radical (unpaired) electrons. The molecule has 0 fully saturated rings. The summed E-state index contributed by atoms with van der Waals surface area (Å²) in [6.45, 7) is 4.16. The Bertz CT molecular complexity index is 839. The van der Waals surface area contributed by atoms with E-state index >= 15 is 0 Å². The third kappa shape index (κ3) is 6.02. The van der Waals surface area contributed by atoms with Crippen molar-refractivity contribution in [3.05, 3.63) is 47.6 Å². The van der Waals surface area contributed by atoms with E-state index in [0.717, 1.165) is 21.7 Å². The van der Waals surface area contributed by atoms with Gasteiger partial charge in [0, 0.05) is 13.2 Å². The summed E-state index contributed by atoms with van der Waals surface area (Å²) in [6.07, 6.45) is 0.703. The van der Waals surface area contributed by atoms with Gasteiger partial charge in [0.15, 0.2) is 0 Å². The Morgan fingerprint density at radius 3 is 2.63 bits per heavy atom. The second kappa shape index (κ2) is 9.82. The minimum Gasteiger partial charge on any atom is -0.379 e. The van der Waals surface area contributed by atoms with E-state index in [-0.39, 0.29) is 16.0 Å². The molecule has 0 aliphatic carbocycles. The third-order valence-corrected chi connectivity index (χ3v) is 6.68. The third-order valence-electron chi connectivity index (χ3n) is 3.54. The molecule has 0 saturated heterocycles. The Morgan fingerprint density at radius 2 is 2.00 bits per heavy atom. The molecule has 0 spiro atoms. The van der Waals surface area contributed by atoms with E-state index < -0.39 is 28.3 Å². The molecule has 0 aliphatic rings. The Morgan fingerprint density at radius 1 is 1.26 bits per heavy atom. The quantitative estimate of drug-likeness (QED) is 0.607. The second-order valence-electron chi connectivity index (χ2n) is 6.02. The van der Waals surface area contributed by atoms with Crippen LogP contribution in [0.1, 0.15) is 20.3 Å². The van der Waals surface area contributed by atoms with Crippen LogP contribution in [0.25, 0.3) is 0 Å². The van der Waals surface area contributed by atoms with E-state index in [0.29, 0.717) is 19.6 Å². The zero-order valence-corrected chi connectivity index (χ0v) is 16.9. The summed E-state index contributed by atoms with van der Waals surface area (Å²) in [7, 11) is -4.05. The first-order valence-corrected chi connectivity index (χ1v) is 10.8. The zero-order valence-electron chi connectivity index (χ0n) is 15.2. The minimum absolute atomic E-state index is 0.0453. The molecule has 2 aromatic rings. The summed E-state index contributed by atoms with van der Waals surface area (Å²) in [5.41, 5.74) is -0.163. The van der Waals surface area contributed by atoms with Gasteiger partial charge in [0.05, 0.1) is 11.8 Å². The number of carbonyl (C=O) groups excluding carboxylic acids is 1. The molecule has 9 heteroatoms. The highest BCUT2D eigenvalue weighted by Crippen LogP contribution is 2.28. The van der Waals surface area contributed by atoms with E-state index in [1.54, 1.807) is 11.4 Å². The van der Waals surface area contributed by atoms with Gasteiger partial charge in [-0.2, -0.15) is 0 Å². The van der Waals surface area contributed by atoms with Crippen molar-refractivity contribution in [3.8, 4) is 0 Å². The highest BCUT2D eigenvalue weighted by Gasteiger charge is 2.29. The maximum absolute atomic E-state index is 14.2. The summed E-state index contributed by atoms with van der Waals surface area (Å²) in [6, 6.07) is 8.50. The first-order valence-electron chi connectivity index (χ1n) is 8.51. The predicted molar refractivity (Wildman–Crippen MR) is 104 cm³/mol. The number of anilines is 1. The number of benzene rings is 1. The predicted octanol–water partition coefficient (Wildman–Crippen LogP) is 3.01. The van der Waals surface area contributed by atoms with Gasteiger partial charge in [0.2, 0.25) is 5.91 Å². The van der Waals surface area contributed by atoms with Crippen LogP contribution in [0.15, 0.2) is 46.0 Å². The van der Waals surface area contributed by atoms with E-state index in [4.69, 9.17) is 4.74 Å². The molecule has 0 bridgehead atoms. The van der Waals surface area contributed by atoms with Gasteiger partial charge in [0.1, 0.15) is 16.6 Å². The first kappa shape index (κ1) is 21.3. The van der Waals surface area contributed by atoms with Gasteiger partial charge in [-0.1, -0.05) is 18.2 Å². The molecule has 6 nitrogen and oxygen atoms in total. The molecule has 27 heavy (non-hydrogen) atoms. The number of halogens is 1.